The van der Waals surface area contributed by atoms with Gasteiger partial charge in [0.2, 0.25) is 0 Å². The summed E-state index contributed by atoms with van der Waals surface area (Å²) in [5.74, 6) is 0.811. The van der Waals surface area contributed by atoms with Gasteiger partial charge in [0.1, 0.15) is 5.82 Å². The molecule has 2 rings (SSSR count). The van der Waals surface area contributed by atoms with E-state index in [0.29, 0.717) is 10.0 Å². The first-order valence-corrected chi connectivity index (χ1v) is 6.42. The van der Waals surface area contributed by atoms with Crippen LogP contribution in [0.25, 0.3) is 11.3 Å². The second-order valence-electron chi connectivity index (χ2n) is 5.14. The predicted molar refractivity (Wildman–Crippen MR) is 76.2 cm³/mol. The van der Waals surface area contributed by atoms with Crippen molar-refractivity contribution in [3.63, 3.8) is 0 Å². The molecule has 0 atom stereocenters. The lowest BCUT2D eigenvalue weighted by molar-refractivity contribution is 0.546. The Balaban J connectivity index is 2.48. The summed E-state index contributed by atoms with van der Waals surface area (Å²) >= 11 is 11.9. The summed E-state index contributed by atoms with van der Waals surface area (Å²) in [7, 11) is 0. The van der Waals surface area contributed by atoms with Crippen molar-refractivity contribution in [2.75, 3.05) is 0 Å². The Morgan fingerprint density at radius 1 is 1.00 bits per heavy atom. The molecule has 0 amide bonds. The van der Waals surface area contributed by atoms with Crippen LogP contribution >= 0.6 is 23.2 Å². The predicted octanol–water partition coefficient (Wildman–Crippen LogP) is 4.75. The fourth-order valence-corrected chi connectivity index (χ4v) is 1.83. The molecule has 0 N–H and O–H groups in total. The van der Waals surface area contributed by atoms with Crippen molar-refractivity contribution in [1.82, 2.24) is 9.97 Å². The molecule has 4 heteroatoms. The van der Waals surface area contributed by atoms with Crippen LogP contribution in [0.1, 0.15) is 26.6 Å². The molecule has 18 heavy (non-hydrogen) atoms. The summed E-state index contributed by atoms with van der Waals surface area (Å²) in [5, 5.41) is 1.08. The minimum Gasteiger partial charge on any atom is -0.241 e. The van der Waals surface area contributed by atoms with E-state index in [1.807, 2.05) is 18.2 Å². The molecule has 1 aromatic heterocycles. The van der Waals surface area contributed by atoms with Gasteiger partial charge in [0.25, 0.3) is 0 Å². The van der Waals surface area contributed by atoms with Crippen LogP contribution in [-0.2, 0) is 5.41 Å². The van der Waals surface area contributed by atoms with Crippen molar-refractivity contribution in [2.45, 2.75) is 26.2 Å². The maximum atomic E-state index is 6.02. The topological polar surface area (TPSA) is 25.8 Å². The number of benzene rings is 1. The Morgan fingerprint density at radius 3 is 2.33 bits per heavy atom. The van der Waals surface area contributed by atoms with Crippen LogP contribution in [0.2, 0.25) is 10.0 Å². The molecule has 0 saturated carbocycles. The normalized spacial score (nSPS) is 11.6. The Labute approximate surface area is 117 Å². The highest BCUT2D eigenvalue weighted by Gasteiger charge is 2.17. The molecule has 0 saturated heterocycles. The molecular formula is C14H14Cl2N2. The molecule has 2 nitrogen and oxygen atoms in total. The van der Waals surface area contributed by atoms with Crippen LogP contribution in [0, 0.1) is 0 Å². The smallest absolute Gasteiger partial charge is 0.134 e. The molecule has 0 unspecified atom stereocenters. The van der Waals surface area contributed by atoms with E-state index in [1.54, 1.807) is 12.3 Å². The number of halogens is 2. The van der Waals surface area contributed by atoms with Crippen LogP contribution in [-0.4, -0.2) is 9.97 Å². The summed E-state index contributed by atoms with van der Waals surface area (Å²) in [6.45, 7) is 6.25. The van der Waals surface area contributed by atoms with Gasteiger partial charge in [0.05, 0.1) is 15.7 Å². The molecule has 0 spiro atoms. The first kappa shape index (κ1) is 13.3. The van der Waals surface area contributed by atoms with Gasteiger partial charge in [-0.15, -0.1) is 0 Å². The first-order chi connectivity index (χ1) is 8.38. The summed E-state index contributed by atoms with van der Waals surface area (Å²) < 4.78 is 0. The van der Waals surface area contributed by atoms with Crippen LogP contribution in [0.15, 0.2) is 30.5 Å². The van der Waals surface area contributed by atoms with Crippen molar-refractivity contribution in [1.29, 1.82) is 0 Å². The fourth-order valence-electron chi connectivity index (χ4n) is 1.54. The molecule has 0 aliphatic carbocycles. The molecule has 0 aliphatic rings. The molecule has 1 aromatic carbocycles. The summed E-state index contributed by atoms with van der Waals surface area (Å²) in [5.41, 5.74) is 1.72. The van der Waals surface area contributed by atoms with Crippen molar-refractivity contribution in [3.05, 3.63) is 46.3 Å². The Kier molecular flexibility index (Phi) is 3.60. The van der Waals surface area contributed by atoms with Crippen molar-refractivity contribution < 1.29 is 0 Å². The highest BCUT2D eigenvalue weighted by atomic mass is 35.5. The Morgan fingerprint density at radius 2 is 1.72 bits per heavy atom. The minimum atomic E-state index is -0.0772. The lowest BCUT2D eigenvalue weighted by Gasteiger charge is -2.16. The number of aromatic nitrogens is 2. The zero-order valence-corrected chi connectivity index (χ0v) is 12.0. The van der Waals surface area contributed by atoms with Gasteiger partial charge in [0, 0.05) is 17.2 Å². The van der Waals surface area contributed by atoms with Gasteiger partial charge in [0.15, 0.2) is 0 Å². The van der Waals surface area contributed by atoms with Crippen LogP contribution < -0.4 is 0 Å². The van der Waals surface area contributed by atoms with Crippen molar-refractivity contribution >= 4 is 23.2 Å². The average molecular weight is 281 g/mol. The summed E-state index contributed by atoms with van der Waals surface area (Å²) in [6, 6.07) is 7.37. The average Bonchev–Trinajstić information content (AvgIpc) is 2.32. The molecule has 0 fully saturated rings. The lowest BCUT2D eigenvalue weighted by Crippen LogP contribution is -2.15. The molecule has 1 heterocycles. The van der Waals surface area contributed by atoms with E-state index in [9.17, 15) is 0 Å². The van der Waals surface area contributed by atoms with Gasteiger partial charge >= 0.3 is 0 Å². The van der Waals surface area contributed by atoms with Crippen LogP contribution in [0.4, 0.5) is 0 Å². The molecule has 2 aromatic rings. The van der Waals surface area contributed by atoms with E-state index >= 15 is 0 Å². The second-order valence-corrected chi connectivity index (χ2v) is 5.96. The summed E-state index contributed by atoms with van der Waals surface area (Å²) in [4.78, 5) is 8.88. The number of rotatable bonds is 1. The fraction of sp³-hybridized carbons (Fsp3) is 0.286. The molecular weight excluding hydrogens is 267 g/mol. The zero-order valence-electron chi connectivity index (χ0n) is 10.5. The van der Waals surface area contributed by atoms with E-state index in [1.165, 1.54) is 0 Å². The van der Waals surface area contributed by atoms with Crippen LogP contribution in [0.3, 0.4) is 0 Å². The maximum Gasteiger partial charge on any atom is 0.134 e. The van der Waals surface area contributed by atoms with Crippen LogP contribution in [0.5, 0.6) is 0 Å². The van der Waals surface area contributed by atoms with E-state index in [2.05, 4.69) is 30.7 Å². The third-order valence-electron chi connectivity index (χ3n) is 2.54. The summed E-state index contributed by atoms with van der Waals surface area (Å²) in [6.07, 6.45) is 1.77. The van der Waals surface area contributed by atoms with E-state index in [4.69, 9.17) is 23.2 Å². The van der Waals surface area contributed by atoms with Gasteiger partial charge in [-0.25, -0.2) is 9.97 Å². The largest absolute Gasteiger partial charge is 0.241 e. The SMILES string of the molecule is CC(C)(C)c1nccc(-c2ccc(Cl)c(Cl)c2)n1. The minimum absolute atomic E-state index is 0.0772. The van der Waals surface area contributed by atoms with Crippen molar-refractivity contribution in [3.8, 4) is 11.3 Å². The molecule has 0 aliphatic heterocycles. The van der Waals surface area contributed by atoms with Crippen molar-refractivity contribution in [2.24, 2.45) is 0 Å². The third kappa shape index (κ3) is 2.82. The number of hydrogen-bond donors (Lipinski definition) is 0. The second kappa shape index (κ2) is 4.87. The van der Waals surface area contributed by atoms with E-state index in [0.717, 1.165) is 17.1 Å². The van der Waals surface area contributed by atoms with Gasteiger partial charge in [-0.2, -0.15) is 0 Å². The lowest BCUT2D eigenvalue weighted by atomic mass is 9.95. The number of hydrogen-bond acceptors (Lipinski definition) is 2. The van der Waals surface area contributed by atoms with Gasteiger partial charge in [-0.05, 0) is 18.2 Å². The highest BCUT2D eigenvalue weighted by Crippen LogP contribution is 2.28. The molecule has 0 radical (unpaired) electrons. The van der Waals surface area contributed by atoms with Gasteiger partial charge in [-0.3, -0.25) is 0 Å². The molecule has 94 valence electrons. The van der Waals surface area contributed by atoms with E-state index in [-0.39, 0.29) is 5.41 Å². The van der Waals surface area contributed by atoms with Gasteiger partial charge in [-0.1, -0.05) is 50.0 Å². The Hall–Kier alpha value is -1.12. The Bertz CT molecular complexity index is 574. The number of nitrogens with zero attached hydrogens (tertiary/aromatic N) is 2. The first-order valence-electron chi connectivity index (χ1n) is 5.67. The zero-order chi connectivity index (χ0) is 13.3. The maximum absolute atomic E-state index is 6.02. The molecule has 0 bridgehead atoms. The third-order valence-corrected chi connectivity index (χ3v) is 3.28. The van der Waals surface area contributed by atoms with E-state index < -0.39 is 0 Å². The monoisotopic (exact) mass is 280 g/mol. The quantitative estimate of drug-likeness (QED) is 0.754. The van der Waals surface area contributed by atoms with Gasteiger partial charge < -0.3 is 0 Å². The standard InChI is InChI=1S/C14H14Cl2N2/c1-14(2,3)13-17-7-6-12(18-13)9-4-5-10(15)11(16)8-9/h4-8H,1-3H3. The highest BCUT2D eigenvalue weighted by molar-refractivity contribution is 6.42.